The minimum atomic E-state index is -0.334. The fourth-order valence-electron chi connectivity index (χ4n) is 3.86. The van der Waals surface area contributed by atoms with Crippen molar-refractivity contribution < 1.29 is 9.72 Å². The molecule has 1 aromatic carbocycles. The van der Waals surface area contributed by atoms with Crippen LogP contribution in [0, 0.1) is 17.0 Å². The predicted octanol–water partition coefficient (Wildman–Crippen LogP) is 4.19. The van der Waals surface area contributed by atoms with Gasteiger partial charge in [-0.15, -0.1) is 0 Å². The van der Waals surface area contributed by atoms with Crippen molar-refractivity contribution in [3.8, 4) is 0 Å². The number of fused-ring (bicyclic) bond motifs is 1. The summed E-state index contributed by atoms with van der Waals surface area (Å²) in [5.74, 6) is 0. The van der Waals surface area contributed by atoms with Gasteiger partial charge in [0.25, 0.3) is 5.69 Å². The summed E-state index contributed by atoms with van der Waals surface area (Å²) < 4.78 is 0.753. The average Bonchev–Trinajstić information content (AvgIpc) is 2.49. The maximum Gasteiger partial charge on any atom is 0.278 e. The summed E-state index contributed by atoms with van der Waals surface area (Å²) >= 11 is 3.55. The van der Waals surface area contributed by atoms with Gasteiger partial charge in [-0.05, 0) is 45.7 Å². The van der Waals surface area contributed by atoms with Gasteiger partial charge >= 0.3 is 0 Å². The number of benzene rings is 1. The normalized spacial score (nSPS) is 18.2. The number of carbonyl (C=O) groups excluding carboxylic acids is 1. The van der Waals surface area contributed by atoms with E-state index in [1.54, 1.807) is 6.92 Å². The molecule has 1 aliphatic rings. The quantitative estimate of drug-likeness (QED) is 0.502. The van der Waals surface area contributed by atoms with E-state index in [0.29, 0.717) is 17.7 Å². The van der Waals surface area contributed by atoms with Crippen molar-refractivity contribution in [1.82, 2.24) is 0 Å². The van der Waals surface area contributed by atoms with Crippen LogP contribution in [0.5, 0.6) is 0 Å². The predicted molar refractivity (Wildman–Crippen MR) is 85.9 cm³/mol. The van der Waals surface area contributed by atoms with Crippen LogP contribution >= 0.6 is 15.9 Å². The molecule has 0 bridgehead atoms. The lowest BCUT2D eigenvalue weighted by Gasteiger charge is -2.23. The second kappa shape index (κ2) is 4.80. The molecule has 0 fully saturated rings. The van der Waals surface area contributed by atoms with Gasteiger partial charge in [-0.25, -0.2) is 0 Å². The SMILES string of the molecule is Cc1c(NC=O)c(Br)c2c(c1[N+](=O)[O-])C(C)(C)CC2(C)C. The third-order valence-corrected chi connectivity index (χ3v) is 5.07. The van der Waals surface area contributed by atoms with Crippen molar-refractivity contribution in [3.05, 3.63) is 31.3 Å². The number of hydrogen-bond donors (Lipinski definition) is 1. The van der Waals surface area contributed by atoms with Crippen molar-refractivity contribution in [1.29, 1.82) is 0 Å². The fourth-order valence-corrected chi connectivity index (χ4v) is 5.01. The minimum Gasteiger partial charge on any atom is -0.327 e. The second-order valence-corrected chi connectivity index (χ2v) is 7.67. The lowest BCUT2D eigenvalue weighted by Crippen LogP contribution is -2.18. The highest BCUT2D eigenvalue weighted by molar-refractivity contribution is 9.10. The first-order valence-electron chi connectivity index (χ1n) is 6.76. The van der Waals surface area contributed by atoms with E-state index < -0.39 is 0 Å². The zero-order valence-electron chi connectivity index (χ0n) is 12.8. The van der Waals surface area contributed by atoms with Gasteiger partial charge in [0.15, 0.2) is 0 Å². The largest absolute Gasteiger partial charge is 0.327 e. The summed E-state index contributed by atoms with van der Waals surface area (Å²) in [5, 5.41) is 14.2. The van der Waals surface area contributed by atoms with Crippen molar-refractivity contribution in [2.45, 2.75) is 51.9 Å². The standard InChI is InChI=1S/C15H19BrN2O3/c1-8-12(17-7-19)11(16)9-10(13(8)18(20)21)15(4,5)6-14(9,2)3/h7H,6H2,1-5H3,(H,17,19). The molecule has 21 heavy (non-hydrogen) atoms. The van der Waals surface area contributed by atoms with Crippen LogP contribution in [0.4, 0.5) is 11.4 Å². The van der Waals surface area contributed by atoms with E-state index in [0.717, 1.165) is 22.0 Å². The molecule has 0 unspecified atom stereocenters. The van der Waals surface area contributed by atoms with E-state index in [1.807, 2.05) is 13.8 Å². The molecule has 1 N–H and O–H groups in total. The smallest absolute Gasteiger partial charge is 0.278 e. The molecule has 0 saturated carbocycles. The van der Waals surface area contributed by atoms with Gasteiger partial charge < -0.3 is 5.32 Å². The molecule has 0 saturated heterocycles. The Bertz CT molecular complexity index is 651. The summed E-state index contributed by atoms with van der Waals surface area (Å²) in [6.07, 6.45) is 1.37. The Morgan fingerprint density at radius 2 is 1.76 bits per heavy atom. The molecule has 6 heteroatoms. The number of hydrogen-bond acceptors (Lipinski definition) is 3. The Labute approximate surface area is 132 Å². The molecule has 0 spiro atoms. The number of nitro benzene ring substituents is 1. The number of rotatable bonds is 3. The molecular formula is C15H19BrN2O3. The summed E-state index contributed by atoms with van der Waals surface area (Å²) in [5.41, 5.74) is 2.31. The monoisotopic (exact) mass is 354 g/mol. The molecule has 114 valence electrons. The first-order chi connectivity index (χ1) is 9.54. The molecule has 0 radical (unpaired) electrons. The number of anilines is 1. The molecular weight excluding hydrogens is 336 g/mol. The molecule has 1 aromatic rings. The van der Waals surface area contributed by atoms with Gasteiger partial charge in [-0.2, -0.15) is 0 Å². The zero-order valence-corrected chi connectivity index (χ0v) is 14.4. The number of carbonyl (C=O) groups is 1. The van der Waals surface area contributed by atoms with Crippen LogP contribution in [0.2, 0.25) is 0 Å². The highest BCUT2D eigenvalue weighted by Gasteiger charge is 2.49. The van der Waals surface area contributed by atoms with E-state index in [2.05, 4.69) is 35.1 Å². The number of halogens is 1. The molecule has 1 aliphatic carbocycles. The third-order valence-electron chi connectivity index (χ3n) is 4.28. The van der Waals surface area contributed by atoms with E-state index >= 15 is 0 Å². The van der Waals surface area contributed by atoms with Crippen molar-refractivity contribution in [3.63, 3.8) is 0 Å². The van der Waals surface area contributed by atoms with E-state index in [9.17, 15) is 14.9 Å². The minimum absolute atomic E-state index is 0.119. The molecule has 0 heterocycles. The second-order valence-electron chi connectivity index (χ2n) is 6.88. The topological polar surface area (TPSA) is 72.2 Å². The average molecular weight is 355 g/mol. The molecule has 2 rings (SSSR count). The van der Waals surface area contributed by atoms with Gasteiger partial charge in [-0.3, -0.25) is 14.9 Å². The number of nitro groups is 1. The van der Waals surface area contributed by atoms with Gasteiger partial charge in [0, 0.05) is 10.0 Å². The summed E-state index contributed by atoms with van der Waals surface area (Å²) in [7, 11) is 0. The number of nitrogens with zero attached hydrogens (tertiary/aromatic N) is 1. The van der Waals surface area contributed by atoms with Gasteiger partial charge in [0.2, 0.25) is 6.41 Å². The molecule has 0 atom stereocenters. The number of nitrogens with one attached hydrogen (secondary N) is 1. The molecule has 1 amide bonds. The molecule has 0 aromatic heterocycles. The number of amides is 1. The van der Waals surface area contributed by atoms with Gasteiger partial charge in [-0.1, -0.05) is 27.7 Å². The van der Waals surface area contributed by atoms with E-state index in [1.165, 1.54) is 0 Å². The first-order valence-corrected chi connectivity index (χ1v) is 7.55. The van der Waals surface area contributed by atoms with Crippen LogP contribution in [-0.4, -0.2) is 11.3 Å². The maximum absolute atomic E-state index is 11.6. The van der Waals surface area contributed by atoms with Crippen molar-refractivity contribution in [2.75, 3.05) is 5.32 Å². The Kier molecular flexibility index (Phi) is 3.64. The maximum atomic E-state index is 11.6. The Morgan fingerprint density at radius 3 is 2.24 bits per heavy atom. The molecule has 5 nitrogen and oxygen atoms in total. The Balaban J connectivity index is 2.99. The van der Waals surface area contributed by atoms with Crippen LogP contribution in [-0.2, 0) is 15.6 Å². The van der Waals surface area contributed by atoms with Crippen LogP contribution in [0.15, 0.2) is 4.47 Å². The van der Waals surface area contributed by atoms with E-state index in [4.69, 9.17) is 0 Å². The summed E-state index contributed by atoms with van der Waals surface area (Å²) in [6, 6.07) is 0. The van der Waals surface area contributed by atoms with Crippen molar-refractivity contribution >= 4 is 33.7 Å². The highest BCUT2D eigenvalue weighted by atomic mass is 79.9. The van der Waals surface area contributed by atoms with Crippen LogP contribution < -0.4 is 5.32 Å². The van der Waals surface area contributed by atoms with Crippen LogP contribution in [0.3, 0.4) is 0 Å². The highest BCUT2D eigenvalue weighted by Crippen LogP contribution is 2.57. The van der Waals surface area contributed by atoms with E-state index in [-0.39, 0.29) is 21.4 Å². The van der Waals surface area contributed by atoms with Crippen LogP contribution in [0.25, 0.3) is 0 Å². The summed E-state index contributed by atoms with van der Waals surface area (Å²) in [4.78, 5) is 22.1. The summed E-state index contributed by atoms with van der Waals surface area (Å²) in [6.45, 7) is 9.90. The lowest BCUT2D eigenvalue weighted by molar-refractivity contribution is -0.386. The van der Waals surface area contributed by atoms with Gasteiger partial charge in [0.05, 0.1) is 16.2 Å². The fraction of sp³-hybridized carbons (Fsp3) is 0.533. The first kappa shape index (κ1) is 15.9. The molecule has 0 aliphatic heterocycles. The Morgan fingerprint density at radius 1 is 1.24 bits per heavy atom. The Hall–Kier alpha value is -1.43. The zero-order chi connectivity index (χ0) is 16.2. The lowest BCUT2D eigenvalue weighted by atomic mass is 9.81. The van der Waals surface area contributed by atoms with Crippen LogP contribution in [0.1, 0.15) is 50.8 Å². The van der Waals surface area contributed by atoms with Crippen molar-refractivity contribution in [2.24, 2.45) is 0 Å². The third kappa shape index (κ3) is 2.25. The van der Waals surface area contributed by atoms with Gasteiger partial charge in [0.1, 0.15) is 0 Å².